The summed E-state index contributed by atoms with van der Waals surface area (Å²) in [6, 6.07) is 24.7. The average Bonchev–Trinajstić information content (AvgIpc) is 3.40. The molecule has 1 heterocycles. The minimum atomic E-state index is -0.380. The summed E-state index contributed by atoms with van der Waals surface area (Å²) in [4.78, 5) is 12.2. The molecule has 0 unspecified atom stereocenters. The lowest BCUT2D eigenvalue weighted by Crippen LogP contribution is -2.26. The number of hydrogen-bond acceptors (Lipinski definition) is 3. The Morgan fingerprint density at radius 3 is 2.48 bits per heavy atom. The third-order valence-corrected chi connectivity index (χ3v) is 5.71. The largest absolute Gasteiger partial charge is 0.464 e. The Balaban J connectivity index is 1.12. The van der Waals surface area contributed by atoms with Gasteiger partial charge in [-0.25, -0.2) is 4.79 Å². The first-order valence-corrected chi connectivity index (χ1v) is 10.5. The second-order valence-electron chi connectivity index (χ2n) is 7.66. The van der Waals surface area contributed by atoms with Gasteiger partial charge >= 0.3 is 6.09 Å². The number of benzene rings is 3. The van der Waals surface area contributed by atoms with Crippen molar-refractivity contribution in [3.05, 3.63) is 102 Å². The van der Waals surface area contributed by atoms with Crippen LogP contribution in [-0.2, 0) is 4.74 Å². The van der Waals surface area contributed by atoms with Gasteiger partial charge in [0.1, 0.15) is 12.2 Å². The SMILES string of the molecule is O=C(NCCC=Cc1ccc2occc2c1)OCC1c2ccccc2-c2ccccc21. The van der Waals surface area contributed by atoms with Gasteiger partial charge in [0.2, 0.25) is 0 Å². The highest BCUT2D eigenvalue weighted by Crippen LogP contribution is 2.44. The van der Waals surface area contributed by atoms with E-state index < -0.39 is 0 Å². The third-order valence-electron chi connectivity index (χ3n) is 5.71. The van der Waals surface area contributed by atoms with Crippen molar-refractivity contribution in [2.45, 2.75) is 12.3 Å². The third kappa shape index (κ3) is 3.97. The van der Waals surface area contributed by atoms with Gasteiger partial charge in [0.05, 0.1) is 6.26 Å². The first-order chi connectivity index (χ1) is 15.3. The summed E-state index contributed by atoms with van der Waals surface area (Å²) < 4.78 is 10.9. The van der Waals surface area contributed by atoms with Crippen LogP contribution in [0.25, 0.3) is 28.2 Å². The van der Waals surface area contributed by atoms with Crippen LogP contribution in [0.4, 0.5) is 4.79 Å². The monoisotopic (exact) mass is 409 g/mol. The van der Waals surface area contributed by atoms with Gasteiger partial charge in [-0.05, 0) is 52.4 Å². The topological polar surface area (TPSA) is 51.5 Å². The van der Waals surface area contributed by atoms with Gasteiger partial charge < -0.3 is 14.5 Å². The summed E-state index contributed by atoms with van der Waals surface area (Å²) in [5, 5.41) is 3.92. The molecule has 3 aromatic carbocycles. The van der Waals surface area contributed by atoms with Gasteiger partial charge in [0.25, 0.3) is 0 Å². The van der Waals surface area contributed by atoms with Crippen LogP contribution in [-0.4, -0.2) is 19.2 Å². The highest BCUT2D eigenvalue weighted by atomic mass is 16.5. The summed E-state index contributed by atoms with van der Waals surface area (Å²) in [7, 11) is 0. The first-order valence-electron chi connectivity index (χ1n) is 10.5. The molecule has 4 heteroatoms. The molecule has 0 saturated carbocycles. The molecule has 5 rings (SSSR count). The molecule has 0 fully saturated rings. The number of furan rings is 1. The molecule has 0 saturated heterocycles. The van der Waals surface area contributed by atoms with E-state index in [4.69, 9.17) is 9.15 Å². The lowest BCUT2D eigenvalue weighted by molar-refractivity contribution is 0.143. The van der Waals surface area contributed by atoms with Crippen LogP contribution in [0, 0.1) is 0 Å². The predicted molar refractivity (Wildman–Crippen MR) is 123 cm³/mol. The summed E-state index contributed by atoms with van der Waals surface area (Å²) in [6.07, 6.45) is 6.14. The van der Waals surface area contributed by atoms with Gasteiger partial charge in [-0.2, -0.15) is 0 Å². The highest BCUT2D eigenvalue weighted by molar-refractivity contribution is 5.80. The van der Waals surface area contributed by atoms with E-state index in [0.29, 0.717) is 13.2 Å². The lowest BCUT2D eigenvalue weighted by atomic mass is 9.98. The van der Waals surface area contributed by atoms with E-state index in [9.17, 15) is 4.79 Å². The molecule has 0 radical (unpaired) electrons. The maximum absolute atomic E-state index is 12.2. The van der Waals surface area contributed by atoms with Crippen molar-refractivity contribution in [3.63, 3.8) is 0 Å². The zero-order valence-electron chi connectivity index (χ0n) is 17.1. The van der Waals surface area contributed by atoms with Crippen LogP contribution in [0.3, 0.4) is 0 Å². The summed E-state index contributed by atoms with van der Waals surface area (Å²) >= 11 is 0. The van der Waals surface area contributed by atoms with Crippen molar-refractivity contribution in [1.82, 2.24) is 5.32 Å². The van der Waals surface area contributed by atoms with E-state index in [1.807, 2.05) is 54.6 Å². The van der Waals surface area contributed by atoms with Crippen molar-refractivity contribution in [2.75, 3.05) is 13.2 Å². The van der Waals surface area contributed by atoms with Crippen LogP contribution in [0.15, 0.2) is 89.6 Å². The quantitative estimate of drug-likeness (QED) is 0.376. The number of hydrogen-bond donors (Lipinski definition) is 1. The zero-order chi connectivity index (χ0) is 21.0. The Kier molecular flexibility index (Phi) is 5.28. The maximum Gasteiger partial charge on any atom is 0.407 e. The van der Waals surface area contributed by atoms with Crippen LogP contribution < -0.4 is 5.32 Å². The molecule has 0 spiro atoms. The van der Waals surface area contributed by atoms with Gasteiger partial charge in [-0.15, -0.1) is 0 Å². The minimum Gasteiger partial charge on any atom is -0.464 e. The Hall–Kier alpha value is -3.79. The molecule has 4 aromatic rings. The Morgan fingerprint density at radius 1 is 0.968 bits per heavy atom. The molecule has 1 amide bonds. The number of amides is 1. The molecule has 1 aliphatic carbocycles. The number of rotatable bonds is 6. The number of alkyl carbamates (subject to hydrolysis) is 1. The minimum absolute atomic E-state index is 0.0795. The van der Waals surface area contributed by atoms with E-state index >= 15 is 0 Å². The van der Waals surface area contributed by atoms with Crippen molar-refractivity contribution in [3.8, 4) is 11.1 Å². The summed E-state index contributed by atoms with van der Waals surface area (Å²) in [5.74, 6) is 0.0795. The maximum atomic E-state index is 12.2. The smallest absolute Gasteiger partial charge is 0.407 e. The van der Waals surface area contributed by atoms with Crippen molar-refractivity contribution >= 4 is 23.1 Å². The summed E-state index contributed by atoms with van der Waals surface area (Å²) in [6.45, 7) is 0.863. The lowest BCUT2D eigenvalue weighted by Gasteiger charge is -2.14. The predicted octanol–water partition coefficient (Wildman–Crippen LogP) is 6.37. The van der Waals surface area contributed by atoms with E-state index in [2.05, 4.69) is 35.6 Å². The van der Waals surface area contributed by atoms with E-state index in [1.165, 1.54) is 22.3 Å². The molecule has 0 atom stereocenters. The van der Waals surface area contributed by atoms with Crippen molar-refractivity contribution < 1.29 is 13.9 Å². The van der Waals surface area contributed by atoms with Gasteiger partial charge in [0, 0.05) is 17.8 Å². The molecule has 0 bridgehead atoms. The Morgan fingerprint density at radius 2 is 1.71 bits per heavy atom. The van der Waals surface area contributed by atoms with Gasteiger partial charge in [-0.1, -0.05) is 66.7 Å². The van der Waals surface area contributed by atoms with Gasteiger partial charge in [0.15, 0.2) is 0 Å². The molecule has 4 nitrogen and oxygen atoms in total. The number of ether oxygens (including phenoxy) is 1. The van der Waals surface area contributed by atoms with Gasteiger partial charge in [-0.3, -0.25) is 0 Å². The van der Waals surface area contributed by atoms with Crippen molar-refractivity contribution in [1.29, 1.82) is 0 Å². The molecular weight excluding hydrogens is 386 g/mol. The summed E-state index contributed by atoms with van der Waals surface area (Å²) in [5.41, 5.74) is 6.88. The van der Waals surface area contributed by atoms with Crippen LogP contribution in [0.2, 0.25) is 0 Å². The molecule has 154 valence electrons. The van der Waals surface area contributed by atoms with E-state index in [1.54, 1.807) is 6.26 Å². The Bertz CT molecular complexity index is 1210. The van der Waals surface area contributed by atoms with Crippen LogP contribution >= 0.6 is 0 Å². The van der Waals surface area contributed by atoms with E-state index in [0.717, 1.165) is 23.0 Å². The van der Waals surface area contributed by atoms with Crippen LogP contribution in [0.1, 0.15) is 29.0 Å². The number of fused-ring (bicyclic) bond motifs is 4. The molecule has 1 N–H and O–H groups in total. The second-order valence-corrected chi connectivity index (χ2v) is 7.66. The first kappa shape index (κ1) is 19.2. The van der Waals surface area contributed by atoms with E-state index in [-0.39, 0.29) is 12.0 Å². The molecule has 1 aliphatic rings. The fourth-order valence-corrected chi connectivity index (χ4v) is 4.22. The Labute approximate surface area is 181 Å². The number of nitrogens with one attached hydrogen (secondary N) is 1. The van der Waals surface area contributed by atoms with Crippen molar-refractivity contribution in [2.24, 2.45) is 0 Å². The van der Waals surface area contributed by atoms with Crippen LogP contribution in [0.5, 0.6) is 0 Å². The average molecular weight is 409 g/mol. The fourth-order valence-electron chi connectivity index (χ4n) is 4.22. The fraction of sp³-hybridized carbons (Fsp3) is 0.148. The molecular formula is C27H23NO3. The number of carbonyl (C=O) groups is 1. The molecule has 31 heavy (non-hydrogen) atoms. The zero-order valence-corrected chi connectivity index (χ0v) is 17.1. The standard InChI is InChI=1S/C27H23NO3/c29-27(28-15-6-5-7-19-12-13-26-20(17-19)14-16-30-26)31-18-25-23-10-3-1-8-21(23)22-9-2-4-11-24(22)25/h1-5,7-14,16-17,25H,6,15,18H2,(H,28,29). The molecule has 0 aliphatic heterocycles. The number of carbonyl (C=O) groups excluding carboxylic acids is 1. The normalized spacial score (nSPS) is 12.8. The molecule has 1 aromatic heterocycles. The highest BCUT2D eigenvalue weighted by Gasteiger charge is 2.28. The second kappa shape index (κ2) is 8.52.